The first-order valence-electron chi connectivity index (χ1n) is 6.20. The van der Waals surface area contributed by atoms with Gasteiger partial charge in [0.25, 0.3) is 0 Å². The van der Waals surface area contributed by atoms with Gasteiger partial charge in [-0.1, -0.05) is 18.2 Å². The third kappa shape index (κ3) is 3.96. The Balaban J connectivity index is 2.21. The van der Waals surface area contributed by atoms with Crippen LogP contribution in [0.5, 0.6) is 0 Å². The standard InChI is InChI=1S/C14H17N3O2S/c1-11(12-7-5-6-10-15-12)16-13-8-3-4-9-14(13)17-20(2,18)19/h3-11,16-17H,1-2H3. The second-order valence-electron chi connectivity index (χ2n) is 4.54. The molecule has 1 unspecified atom stereocenters. The molecule has 20 heavy (non-hydrogen) atoms. The van der Waals surface area contributed by atoms with Crippen LogP contribution < -0.4 is 10.0 Å². The summed E-state index contributed by atoms with van der Waals surface area (Å²) in [6, 6.07) is 12.8. The molecule has 0 bridgehead atoms. The molecule has 2 rings (SSSR count). The molecular formula is C14H17N3O2S. The summed E-state index contributed by atoms with van der Waals surface area (Å²) >= 11 is 0. The van der Waals surface area contributed by atoms with Crippen LogP contribution in [0.4, 0.5) is 11.4 Å². The molecule has 6 heteroatoms. The molecule has 1 aromatic carbocycles. The topological polar surface area (TPSA) is 71.1 Å². The lowest BCUT2D eigenvalue weighted by atomic mass is 10.2. The first kappa shape index (κ1) is 14.3. The zero-order valence-corrected chi connectivity index (χ0v) is 12.2. The second kappa shape index (κ2) is 5.92. The molecule has 2 N–H and O–H groups in total. The fraction of sp³-hybridized carbons (Fsp3) is 0.214. The van der Waals surface area contributed by atoms with Crippen LogP contribution in [0.25, 0.3) is 0 Å². The number of hydrogen-bond acceptors (Lipinski definition) is 4. The predicted molar refractivity (Wildman–Crippen MR) is 81.2 cm³/mol. The van der Waals surface area contributed by atoms with Crippen molar-refractivity contribution in [1.29, 1.82) is 0 Å². The summed E-state index contributed by atoms with van der Waals surface area (Å²) in [4.78, 5) is 4.28. The van der Waals surface area contributed by atoms with Gasteiger partial charge in [0, 0.05) is 6.20 Å². The van der Waals surface area contributed by atoms with Gasteiger partial charge < -0.3 is 5.32 Å². The van der Waals surface area contributed by atoms with Crippen molar-refractivity contribution < 1.29 is 8.42 Å². The lowest BCUT2D eigenvalue weighted by molar-refractivity contribution is 0.607. The largest absolute Gasteiger partial charge is 0.375 e. The fourth-order valence-corrected chi connectivity index (χ4v) is 2.41. The van der Waals surface area contributed by atoms with E-state index in [0.29, 0.717) is 5.69 Å². The van der Waals surface area contributed by atoms with Gasteiger partial charge in [-0.15, -0.1) is 0 Å². The summed E-state index contributed by atoms with van der Waals surface area (Å²) in [6.07, 6.45) is 2.86. The van der Waals surface area contributed by atoms with E-state index in [9.17, 15) is 8.42 Å². The minimum Gasteiger partial charge on any atom is -0.375 e. The van der Waals surface area contributed by atoms with E-state index in [2.05, 4.69) is 15.0 Å². The maximum absolute atomic E-state index is 11.4. The van der Waals surface area contributed by atoms with Gasteiger partial charge >= 0.3 is 0 Å². The SMILES string of the molecule is CC(Nc1ccccc1NS(C)(=O)=O)c1ccccn1. The van der Waals surface area contributed by atoms with Crippen molar-refractivity contribution in [1.82, 2.24) is 4.98 Å². The van der Waals surface area contributed by atoms with Crippen molar-refractivity contribution in [2.75, 3.05) is 16.3 Å². The van der Waals surface area contributed by atoms with E-state index in [4.69, 9.17) is 0 Å². The lowest BCUT2D eigenvalue weighted by Gasteiger charge is -2.18. The summed E-state index contributed by atoms with van der Waals surface area (Å²) in [6.45, 7) is 1.97. The maximum atomic E-state index is 11.4. The Labute approximate surface area is 119 Å². The van der Waals surface area contributed by atoms with Crippen LogP contribution in [-0.4, -0.2) is 19.7 Å². The molecule has 1 atom stereocenters. The highest BCUT2D eigenvalue weighted by Crippen LogP contribution is 2.25. The fourth-order valence-electron chi connectivity index (χ4n) is 1.84. The van der Waals surface area contributed by atoms with Crippen molar-refractivity contribution in [3.05, 3.63) is 54.4 Å². The molecule has 2 aromatic rings. The monoisotopic (exact) mass is 291 g/mol. The van der Waals surface area contributed by atoms with Crippen LogP contribution >= 0.6 is 0 Å². The van der Waals surface area contributed by atoms with Gasteiger partial charge in [-0.3, -0.25) is 9.71 Å². The molecule has 0 saturated heterocycles. The van der Waals surface area contributed by atoms with Gasteiger partial charge in [-0.2, -0.15) is 0 Å². The van der Waals surface area contributed by atoms with Gasteiger partial charge in [-0.25, -0.2) is 8.42 Å². The van der Waals surface area contributed by atoms with Crippen LogP contribution in [-0.2, 0) is 10.0 Å². The minimum atomic E-state index is -3.31. The zero-order valence-electron chi connectivity index (χ0n) is 11.4. The van der Waals surface area contributed by atoms with E-state index in [0.717, 1.165) is 17.6 Å². The van der Waals surface area contributed by atoms with Gasteiger partial charge in [0.15, 0.2) is 0 Å². The number of anilines is 2. The number of pyridine rings is 1. The smallest absolute Gasteiger partial charge is 0.229 e. The summed E-state index contributed by atoms with van der Waals surface area (Å²) in [7, 11) is -3.31. The maximum Gasteiger partial charge on any atom is 0.229 e. The number of para-hydroxylation sites is 2. The molecule has 0 aliphatic rings. The molecule has 1 heterocycles. The molecule has 0 radical (unpaired) electrons. The molecule has 0 fully saturated rings. The highest BCUT2D eigenvalue weighted by Gasteiger charge is 2.11. The summed E-state index contributed by atoms with van der Waals surface area (Å²) in [5, 5.41) is 3.26. The van der Waals surface area contributed by atoms with Gasteiger partial charge in [0.2, 0.25) is 10.0 Å². The number of hydrogen-bond donors (Lipinski definition) is 2. The molecule has 0 aliphatic heterocycles. The van der Waals surface area contributed by atoms with Crippen molar-refractivity contribution >= 4 is 21.4 Å². The van der Waals surface area contributed by atoms with Crippen LogP contribution in [0.1, 0.15) is 18.7 Å². The summed E-state index contributed by atoms with van der Waals surface area (Å²) in [5.41, 5.74) is 2.13. The van der Waals surface area contributed by atoms with Crippen LogP contribution in [0.3, 0.4) is 0 Å². The number of sulfonamides is 1. The van der Waals surface area contributed by atoms with Gasteiger partial charge in [0.05, 0.1) is 29.4 Å². The molecule has 0 saturated carbocycles. The number of nitrogens with zero attached hydrogens (tertiary/aromatic N) is 1. The first-order chi connectivity index (χ1) is 9.46. The Bertz CT molecular complexity index is 672. The number of aromatic nitrogens is 1. The highest BCUT2D eigenvalue weighted by atomic mass is 32.2. The summed E-state index contributed by atoms with van der Waals surface area (Å²) in [5.74, 6) is 0. The second-order valence-corrected chi connectivity index (χ2v) is 6.29. The quantitative estimate of drug-likeness (QED) is 0.888. The first-order valence-corrected chi connectivity index (χ1v) is 8.09. The number of nitrogens with one attached hydrogen (secondary N) is 2. The van der Waals surface area contributed by atoms with Crippen molar-refractivity contribution in [2.45, 2.75) is 13.0 Å². The number of rotatable bonds is 5. The predicted octanol–water partition coefficient (Wildman–Crippen LogP) is 2.63. The van der Waals surface area contributed by atoms with E-state index >= 15 is 0 Å². The van der Waals surface area contributed by atoms with Gasteiger partial charge in [0.1, 0.15) is 0 Å². The average molecular weight is 291 g/mol. The molecular weight excluding hydrogens is 274 g/mol. The van der Waals surface area contributed by atoms with E-state index < -0.39 is 10.0 Å². The minimum absolute atomic E-state index is 0.0290. The Morgan fingerprint density at radius 2 is 1.70 bits per heavy atom. The molecule has 106 valence electrons. The Hall–Kier alpha value is -2.08. The van der Waals surface area contributed by atoms with E-state index in [1.165, 1.54) is 0 Å². The Kier molecular flexibility index (Phi) is 4.24. The van der Waals surface area contributed by atoms with E-state index in [1.54, 1.807) is 18.3 Å². The van der Waals surface area contributed by atoms with Gasteiger partial charge in [-0.05, 0) is 31.2 Å². The normalized spacial score (nSPS) is 12.7. The van der Waals surface area contributed by atoms with Crippen molar-refractivity contribution in [2.24, 2.45) is 0 Å². The Morgan fingerprint density at radius 1 is 1.05 bits per heavy atom. The van der Waals surface area contributed by atoms with E-state index in [1.807, 2.05) is 37.3 Å². The third-order valence-corrected chi connectivity index (χ3v) is 3.32. The van der Waals surface area contributed by atoms with Crippen LogP contribution in [0.2, 0.25) is 0 Å². The summed E-state index contributed by atoms with van der Waals surface area (Å²) < 4.78 is 25.2. The lowest BCUT2D eigenvalue weighted by Crippen LogP contribution is -2.14. The molecule has 5 nitrogen and oxygen atoms in total. The van der Waals surface area contributed by atoms with Crippen LogP contribution in [0.15, 0.2) is 48.7 Å². The third-order valence-electron chi connectivity index (χ3n) is 2.73. The molecule has 0 amide bonds. The van der Waals surface area contributed by atoms with Crippen molar-refractivity contribution in [3.63, 3.8) is 0 Å². The van der Waals surface area contributed by atoms with E-state index in [-0.39, 0.29) is 6.04 Å². The Morgan fingerprint density at radius 3 is 2.30 bits per heavy atom. The average Bonchev–Trinajstić information content (AvgIpc) is 2.40. The van der Waals surface area contributed by atoms with Crippen molar-refractivity contribution in [3.8, 4) is 0 Å². The number of benzene rings is 1. The van der Waals surface area contributed by atoms with Crippen LogP contribution in [0, 0.1) is 0 Å². The molecule has 0 spiro atoms. The zero-order chi connectivity index (χ0) is 14.6. The highest BCUT2D eigenvalue weighted by molar-refractivity contribution is 7.92. The molecule has 0 aliphatic carbocycles. The molecule has 1 aromatic heterocycles.